The van der Waals surface area contributed by atoms with E-state index < -0.39 is 17.6 Å². The highest BCUT2D eigenvalue weighted by molar-refractivity contribution is 5.84. The predicted molar refractivity (Wildman–Crippen MR) is 27.2 cm³/mol. The highest BCUT2D eigenvalue weighted by atomic mass is 19.2. The maximum absolute atomic E-state index is 11.9. The van der Waals surface area contributed by atoms with Gasteiger partial charge in [0.25, 0.3) is 0 Å². The average Bonchev–Trinajstić information content (AvgIpc) is 1.84. The Hall–Kier alpha value is -0.930. The van der Waals surface area contributed by atoms with E-state index in [-0.39, 0.29) is 6.42 Å². The molecule has 1 N–H and O–H groups in total. The summed E-state index contributed by atoms with van der Waals surface area (Å²) in [6.07, 6.45) is -0.224. The molecule has 0 aromatic carbocycles. The summed E-state index contributed by atoms with van der Waals surface area (Å²) in [5.41, 5.74) is 0. The summed E-state index contributed by atoms with van der Waals surface area (Å²) in [5, 5.41) is 7.81. The zero-order chi connectivity index (χ0) is 7.44. The second-order valence-corrected chi connectivity index (χ2v) is 1.38. The Morgan fingerprint density at radius 2 is 2.00 bits per heavy atom. The van der Waals surface area contributed by atoms with Crippen molar-refractivity contribution < 1.29 is 18.7 Å². The second-order valence-electron chi connectivity index (χ2n) is 1.38. The molecule has 4 heteroatoms. The van der Waals surface area contributed by atoms with Crippen LogP contribution in [0.15, 0.2) is 11.7 Å². The van der Waals surface area contributed by atoms with Crippen LogP contribution in [0, 0.1) is 0 Å². The van der Waals surface area contributed by atoms with Gasteiger partial charge >= 0.3 is 5.97 Å². The van der Waals surface area contributed by atoms with Crippen molar-refractivity contribution in [3.05, 3.63) is 11.7 Å². The van der Waals surface area contributed by atoms with Crippen molar-refractivity contribution in [2.45, 2.75) is 13.3 Å². The van der Waals surface area contributed by atoms with E-state index in [9.17, 15) is 13.6 Å². The van der Waals surface area contributed by atoms with Gasteiger partial charge in [-0.15, -0.1) is 0 Å². The minimum Gasteiger partial charge on any atom is -0.476 e. The zero-order valence-corrected chi connectivity index (χ0v) is 4.82. The fourth-order valence-electron chi connectivity index (χ4n) is 0.271. The van der Waals surface area contributed by atoms with E-state index in [2.05, 4.69) is 0 Å². The van der Waals surface area contributed by atoms with E-state index in [1.54, 1.807) is 0 Å². The highest BCUT2D eigenvalue weighted by Crippen LogP contribution is 2.10. The van der Waals surface area contributed by atoms with E-state index in [1.807, 2.05) is 0 Å². The molecule has 0 saturated carbocycles. The summed E-state index contributed by atoms with van der Waals surface area (Å²) in [4.78, 5) is 9.63. The minimum absolute atomic E-state index is 0.224. The maximum Gasteiger partial charge on any atom is 0.367 e. The van der Waals surface area contributed by atoms with Gasteiger partial charge in [-0.25, -0.2) is 9.18 Å². The van der Waals surface area contributed by atoms with Gasteiger partial charge in [0.15, 0.2) is 0 Å². The van der Waals surface area contributed by atoms with Crippen LogP contribution < -0.4 is 0 Å². The first-order valence-corrected chi connectivity index (χ1v) is 2.37. The lowest BCUT2D eigenvalue weighted by molar-refractivity contribution is -0.134. The minimum atomic E-state index is -1.85. The number of carboxylic acids is 1. The third-order valence-corrected chi connectivity index (χ3v) is 0.736. The Morgan fingerprint density at radius 1 is 1.56 bits per heavy atom. The van der Waals surface area contributed by atoms with Crippen molar-refractivity contribution in [3.63, 3.8) is 0 Å². The van der Waals surface area contributed by atoms with Crippen molar-refractivity contribution in [1.29, 1.82) is 0 Å². The van der Waals surface area contributed by atoms with Crippen LogP contribution >= 0.6 is 0 Å². The van der Waals surface area contributed by atoms with Gasteiger partial charge in [0.2, 0.25) is 5.83 Å². The van der Waals surface area contributed by atoms with Crippen LogP contribution in [0.25, 0.3) is 0 Å². The van der Waals surface area contributed by atoms with Gasteiger partial charge in [-0.05, 0) is 6.42 Å². The van der Waals surface area contributed by atoms with Gasteiger partial charge in [0, 0.05) is 0 Å². The molecule has 0 aliphatic heterocycles. The molecule has 0 unspecified atom stereocenters. The molecule has 0 heterocycles. The summed E-state index contributed by atoms with van der Waals surface area (Å²) in [6.45, 7) is 1.33. The summed E-state index contributed by atoms with van der Waals surface area (Å²) in [6, 6.07) is 0. The molecule has 52 valence electrons. The van der Waals surface area contributed by atoms with E-state index in [0.29, 0.717) is 0 Å². The van der Waals surface area contributed by atoms with E-state index in [4.69, 9.17) is 5.11 Å². The number of hydrogen-bond acceptors (Lipinski definition) is 1. The van der Waals surface area contributed by atoms with E-state index in [1.165, 1.54) is 6.92 Å². The van der Waals surface area contributed by atoms with Crippen LogP contribution in [-0.2, 0) is 4.79 Å². The van der Waals surface area contributed by atoms with Crippen molar-refractivity contribution >= 4 is 5.97 Å². The van der Waals surface area contributed by atoms with Crippen LogP contribution in [-0.4, -0.2) is 11.1 Å². The first kappa shape index (κ1) is 8.07. The zero-order valence-electron chi connectivity index (χ0n) is 4.82. The van der Waals surface area contributed by atoms with Gasteiger partial charge in [0.05, 0.1) is 0 Å². The van der Waals surface area contributed by atoms with Gasteiger partial charge in [-0.1, -0.05) is 6.92 Å². The van der Waals surface area contributed by atoms with Crippen LogP contribution in [0.5, 0.6) is 0 Å². The Labute approximate surface area is 50.8 Å². The lowest BCUT2D eigenvalue weighted by Crippen LogP contribution is -1.96. The second kappa shape index (κ2) is 3.17. The normalized spacial score (nSPS) is 12.8. The first-order valence-electron chi connectivity index (χ1n) is 2.37. The molecular formula is C5H6F2O2. The van der Waals surface area contributed by atoms with Crippen LogP contribution in [0.2, 0.25) is 0 Å². The van der Waals surface area contributed by atoms with Gasteiger partial charge in [-0.2, -0.15) is 4.39 Å². The molecule has 0 rings (SSSR count). The molecule has 0 aromatic rings. The molecule has 9 heavy (non-hydrogen) atoms. The van der Waals surface area contributed by atoms with Crippen LogP contribution in [0.4, 0.5) is 8.78 Å². The fraction of sp³-hybridized carbons (Fsp3) is 0.400. The Morgan fingerprint density at radius 3 is 2.11 bits per heavy atom. The fourth-order valence-corrected chi connectivity index (χ4v) is 0.271. The van der Waals surface area contributed by atoms with Gasteiger partial charge in [0.1, 0.15) is 5.83 Å². The third-order valence-electron chi connectivity index (χ3n) is 0.736. The lowest BCUT2D eigenvalue weighted by Gasteiger charge is -1.89. The molecule has 0 spiro atoms. The Kier molecular flexibility index (Phi) is 2.84. The summed E-state index contributed by atoms with van der Waals surface area (Å²) in [7, 11) is 0. The Balaban J connectivity index is 4.28. The molecular weight excluding hydrogens is 130 g/mol. The average molecular weight is 136 g/mol. The molecule has 0 bridgehead atoms. The summed E-state index contributed by atoms with van der Waals surface area (Å²) in [5.74, 6) is -4.77. The molecule has 0 fully saturated rings. The van der Waals surface area contributed by atoms with Gasteiger partial charge in [-0.3, -0.25) is 0 Å². The number of carbonyl (C=O) groups is 1. The van der Waals surface area contributed by atoms with Crippen molar-refractivity contribution in [2.75, 3.05) is 0 Å². The van der Waals surface area contributed by atoms with Crippen molar-refractivity contribution in [1.82, 2.24) is 0 Å². The highest BCUT2D eigenvalue weighted by Gasteiger charge is 2.11. The molecule has 0 saturated heterocycles. The van der Waals surface area contributed by atoms with Crippen molar-refractivity contribution in [3.8, 4) is 0 Å². The number of allylic oxidation sites excluding steroid dienone is 1. The maximum atomic E-state index is 11.9. The van der Waals surface area contributed by atoms with Gasteiger partial charge < -0.3 is 5.11 Å². The molecule has 0 atom stereocenters. The standard InChI is InChI=1S/C5H6F2O2/c1-2-3(6)4(7)5(8)9/h2H2,1H3,(H,8,9). The van der Waals surface area contributed by atoms with E-state index >= 15 is 0 Å². The number of rotatable bonds is 2. The topological polar surface area (TPSA) is 37.3 Å². The first-order chi connectivity index (χ1) is 4.09. The molecule has 2 nitrogen and oxygen atoms in total. The largest absolute Gasteiger partial charge is 0.476 e. The number of hydrogen-bond donors (Lipinski definition) is 1. The summed E-state index contributed by atoms with van der Waals surface area (Å²) < 4.78 is 23.7. The SMILES string of the molecule is CCC(F)=C(F)C(=O)O. The number of carboxylic acid groups (broad SMARTS) is 1. The molecule has 0 amide bonds. The Bertz CT molecular complexity index is 151. The molecule has 0 aliphatic carbocycles. The number of halogens is 2. The molecule has 0 aromatic heterocycles. The molecule has 0 radical (unpaired) electrons. The number of aliphatic carboxylic acids is 1. The van der Waals surface area contributed by atoms with Crippen LogP contribution in [0.1, 0.15) is 13.3 Å². The van der Waals surface area contributed by atoms with Crippen LogP contribution in [0.3, 0.4) is 0 Å². The van der Waals surface area contributed by atoms with E-state index in [0.717, 1.165) is 0 Å². The smallest absolute Gasteiger partial charge is 0.367 e. The monoisotopic (exact) mass is 136 g/mol. The molecule has 0 aliphatic rings. The summed E-state index contributed by atoms with van der Waals surface area (Å²) >= 11 is 0. The lowest BCUT2D eigenvalue weighted by atomic mass is 10.4. The predicted octanol–water partition coefficient (Wildman–Crippen LogP) is 1.63. The van der Waals surface area contributed by atoms with Crippen molar-refractivity contribution in [2.24, 2.45) is 0 Å². The third kappa shape index (κ3) is 2.21. The quantitative estimate of drug-likeness (QED) is 0.586.